The summed E-state index contributed by atoms with van der Waals surface area (Å²) >= 11 is 0. The molecule has 2 N–H and O–H groups in total. The first-order valence-electron chi connectivity index (χ1n) is 4.20. The Morgan fingerprint density at radius 2 is 2.31 bits per heavy atom. The number of imidazole rings is 1. The van der Waals surface area contributed by atoms with Gasteiger partial charge in [0.05, 0.1) is 5.69 Å². The molecule has 0 spiro atoms. The number of H-pyrrole nitrogens is 1. The van der Waals surface area contributed by atoms with E-state index in [4.69, 9.17) is 0 Å². The van der Waals surface area contributed by atoms with E-state index in [1.54, 1.807) is 6.08 Å². The van der Waals surface area contributed by atoms with Crippen molar-refractivity contribution in [1.29, 1.82) is 0 Å². The number of rotatable bonds is 3. The highest BCUT2D eigenvalue weighted by atomic mass is 16.3. The van der Waals surface area contributed by atoms with Gasteiger partial charge in [0.2, 0.25) is 5.88 Å². The Kier molecular flexibility index (Phi) is 2.60. The van der Waals surface area contributed by atoms with E-state index in [2.05, 4.69) is 11.6 Å². The second kappa shape index (κ2) is 3.51. The van der Waals surface area contributed by atoms with Gasteiger partial charge in [-0.15, -0.1) is 6.58 Å². The third-order valence-electron chi connectivity index (χ3n) is 1.87. The highest BCUT2D eigenvalue weighted by Crippen LogP contribution is 2.21. The Labute approximate surface area is 76.5 Å². The number of allylic oxidation sites excluding steroid dienone is 1. The summed E-state index contributed by atoms with van der Waals surface area (Å²) in [4.78, 5) is 13.9. The summed E-state index contributed by atoms with van der Waals surface area (Å²) in [5, 5.41) is 9.60. The van der Waals surface area contributed by atoms with Crippen molar-refractivity contribution in [2.75, 3.05) is 0 Å². The van der Waals surface area contributed by atoms with Gasteiger partial charge >= 0.3 is 5.69 Å². The van der Waals surface area contributed by atoms with E-state index in [0.717, 1.165) is 0 Å². The van der Waals surface area contributed by atoms with Crippen LogP contribution in [0.2, 0.25) is 0 Å². The zero-order valence-electron chi connectivity index (χ0n) is 7.87. The topological polar surface area (TPSA) is 58.0 Å². The van der Waals surface area contributed by atoms with Crippen LogP contribution in [-0.4, -0.2) is 14.7 Å². The Hall–Kier alpha value is -1.45. The van der Waals surface area contributed by atoms with Crippen molar-refractivity contribution in [3.05, 3.63) is 28.8 Å². The molecule has 0 radical (unpaired) electrons. The number of hydrogen-bond donors (Lipinski definition) is 2. The molecular weight excluding hydrogens is 168 g/mol. The molecule has 0 atom stereocenters. The molecule has 0 aliphatic carbocycles. The molecule has 72 valence electrons. The van der Waals surface area contributed by atoms with Crippen molar-refractivity contribution in [1.82, 2.24) is 9.55 Å². The fourth-order valence-electron chi connectivity index (χ4n) is 1.18. The molecule has 0 saturated heterocycles. The molecule has 13 heavy (non-hydrogen) atoms. The Morgan fingerprint density at radius 1 is 1.69 bits per heavy atom. The highest BCUT2D eigenvalue weighted by molar-refractivity contribution is 5.21. The second-order valence-electron chi connectivity index (χ2n) is 3.22. The average molecular weight is 182 g/mol. The predicted molar refractivity (Wildman–Crippen MR) is 51.0 cm³/mol. The van der Waals surface area contributed by atoms with Crippen LogP contribution in [0.3, 0.4) is 0 Å². The van der Waals surface area contributed by atoms with Gasteiger partial charge < -0.3 is 10.1 Å². The minimum atomic E-state index is -0.291. The number of aromatic hydroxyl groups is 1. The number of nitrogens with zero attached hydrogens (tertiary/aromatic N) is 1. The highest BCUT2D eigenvalue weighted by Gasteiger charge is 2.13. The second-order valence-corrected chi connectivity index (χ2v) is 3.22. The SMILES string of the molecule is C=CCn1c(O)c(C(C)C)[nH]c1=O. The van der Waals surface area contributed by atoms with Crippen molar-refractivity contribution >= 4 is 0 Å². The first-order valence-corrected chi connectivity index (χ1v) is 4.20. The average Bonchev–Trinajstić information content (AvgIpc) is 2.32. The molecule has 1 aromatic heterocycles. The Balaban J connectivity index is 3.22. The Bertz CT molecular complexity index is 360. The standard InChI is InChI=1S/C9H14N2O2/c1-4-5-11-8(12)7(6(2)3)10-9(11)13/h4,6,12H,1,5H2,2-3H3,(H,10,13). The fraction of sp³-hybridized carbons (Fsp3) is 0.444. The molecule has 0 bridgehead atoms. The van der Waals surface area contributed by atoms with Crippen molar-refractivity contribution in [2.24, 2.45) is 0 Å². The number of aromatic amines is 1. The van der Waals surface area contributed by atoms with Gasteiger partial charge in [0.1, 0.15) is 0 Å². The van der Waals surface area contributed by atoms with Gasteiger partial charge in [-0.05, 0) is 5.92 Å². The lowest BCUT2D eigenvalue weighted by molar-refractivity contribution is 0.414. The fourth-order valence-corrected chi connectivity index (χ4v) is 1.18. The van der Waals surface area contributed by atoms with E-state index in [9.17, 15) is 9.90 Å². The van der Waals surface area contributed by atoms with Crippen LogP contribution in [0, 0.1) is 0 Å². The van der Waals surface area contributed by atoms with E-state index < -0.39 is 0 Å². The maximum atomic E-state index is 11.3. The van der Waals surface area contributed by atoms with Gasteiger partial charge in [0, 0.05) is 6.54 Å². The molecule has 0 fully saturated rings. The van der Waals surface area contributed by atoms with Crippen LogP contribution in [0.1, 0.15) is 25.5 Å². The third-order valence-corrected chi connectivity index (χ3v) is 1.87. The van der Waals surface area contributed by atoms with E-state index in [0.29, 0.717) is 12.2 Å². The summed E-state index contributed by atoms with van der Waals surface area (Å²) in [6, 6.07) is 0. The lowest BCUT2D eigenvalue weighted by Gasteiger charge is -2.02. The van der Waals surface area contributed by atoms with Gasteiger partial charge in [-0.3, -0.25) is 4.57 Å². The molecule has 1 heterocycles. The minimum Gasteiger partial charge on any atom is -0.493 e. The molecule has 0 aliphatic heterocycles. The van der Waals surface area contributed by atoms with Gasteiger partial charge in [-0.2, -0.15) is 0 Å². The normalized spacial score (nSPS) is 10.7. The zero-order valence-corrected chi connectivity index (χ0v) is 7.87. The predicted octanol–water partition coefficient (Wildman–Crippen LogP) is 1.19. The molecule has 1 aromatic rings. The van der Waals surface area contributed by atoms with Gasteiger partial charge in [-0.1, -0.05) is 19.9 Å². The van der Waals surface area contributed by atoms with Crippen LogP contribution in [0.15, 0.2) is 17.4 Å². The molecular formula is C9H14N2O2. The van der Waals surface area contributed by atoms with Gasteiger partial charge in [-0.25, -0.2) is 4.79 Å². The summed E-state index contributed by atoms with van der Waals surface area (Å²) in [6.07, 6.45) is 1.57. The summed E-state index contributed by atoms with van der Waals surface area (Å²) < 4.78 is 1.25. The number of hydrogen-bond acceptors (Lipinski definition) is 2. The summed E-state index contributed by atoms with van der Waals surface area (Å²) in [5.41, 5.74) is 0.285. The first-order chi connectivity index (χ1) is 6.07. The van der Waals surface area contributed by atoms with Crippen molar-refractivity contribution < 1.29 is 5.11 Å². The maximum absolute atomic E-state index is 11.3. The van der Waals surface area contributed by atoms with Crippen molar-refractivity contribution in [3.8, 4) is 5.88 Å². The van der Waals surface area contributed by atoms with Crippen LogP contribution < -0.4 is 5.69 Å². The van der Waals surface area contributed by atoms with Crippen LogP contribution in [0.25, 0.3) is 0 Å². The van der Waals surface area contributed by atoms with Gasteiger partial charge in [0.15, 0.2) is 0 Å². The van der Waals surface area contributed by atoms with E-state index in [1.807, 2.05) is 13.8 Å². The molecule has 4 heteroatoms. The van der Waals surface area contributed by atoms with Crippen LogP contribution in [0.5, 0.6) is 5.88 Å². The summed E-state index contributed by atoms with van der Waals surface area (Å²) in [6.45, 7) is 7.65. The molecule has 0 aromatic carbocycles. The summed E-state index contributed by atoms with van der Waals surface area (Å²) in [7, 11) is 0. The van der Waals surface area contributed by atoms with E-state index in [-0.39, 0.29) is 17.5 Å². The largest absolute Gasteiger partial charge is 0.493 e. The van der Waals surface area contributed by atoms with Crippen molar-refractivity contribution in [3.63, 3.8) is 0 Å². The third kappa shape index (κ3) is 1.66. The van der Waals surface area contributed by atoms with Crippen LogP contribution in [-0.2, 0) is 6.54 Å². The molecule has 0 saturated carbocycles. The lowest BCUT2D eigenvalue weighted by Crippen LogP contribution is -2.15. The quantitative estimate of drug-likeness (QED) is 0.690. The first kappa shape index (κ1) is 9.64. The molecule has 0 aliphatic rings. The number of aromatic nitrogens is 2. The summed E-state index contributed by atoms with van der Waals surface area (Å²) in [5.74, 6) is 0.124. The minimum absolute atomic E-state index is 0.0138. The monoisotopic (exact) mass is 182 g/mol. The number of nitrogens with one attached hydrogen (secondary N) is 1. The van der Waals surface area contributed by atoms with Crippen LogP contribution >= 0.6 is 0 Å². The van der Waals surface area contributed by atoms with E-state index >= 15 is 0 Å². The van der Waals surface area contributed by atoms with E-state index in [1.165, 1.54) is 4.57 Å². The molecule has 4 nitrogen and oxygen atoms in total. The maximum Gasteiger partial charge on any atom is 0.328 e. The van der Waals surface area contributed by atoms with Crippen LogP contribution in [0.4, 0.5) is 0 Å². The molecule has 0 unspecified atom stereocenters. The Morgan fingerprint density at radius 3 is 2.69 bits per heavy atom. The lowest BCUT2D eigenvalue weighted by atomic mass is 10.1. The zero-order chi connectivity index (χ0) is 10.0. The molecule has 0 amide bonds. The van der Waals surface area contributed by atoms with Crippen molar-refractivity contribution in [2.45, 2.75) is 26.3 Å². The van der Waals surface area contributed by atoms with Gasteiger partial charge in [0.25, 0.3) is 0 Å². The molecule has 1 rings (SSSR count). The smallest absolute Gasteiger partial charge is 0.328 e.